The van der Waals surface area contributed by atoms with Crippen molar-refractivity contribution in [2.24, 2.45) is 0 Å². The summed E-state index contributed by atoms with van der Waals surface area (Å²) < 4.78 is 11.0. The summed E-state index contributed by atoms with van der Waals surface area (Å²) in [5.74, 6) is -0.751. The van der Waals surface area contributed by atoms with Gasteiger partial charge in [0.1, 0.15) is 23.3 Å². The molecule has 172 valence electrons. The molecule has 1 saturated heterocycles. The molecule has 34 heavy (non-hydrogen) atoms. The van der Waals surface area contributed by atoms with Crippen molar-refractivity contribution in [3.8, 4) is 5.75 Å². The molecule has 8 heteroatoms. The average Bonchev–Trinajstić information content (AvgIpc) is 3.54. The molecular formula is C26H23N3O5. The molecule has 0 spiro atoms. The number of aliphatic hydroxyl groups excluding tert-OH is 1. The number of aromatic amines is 1. The lowest BCUT2D eigenvalue weighted by Crippen LogP contribution is -2.30. The number of rotatable bonds is 5. The van der Waals surface area contributed by atoms with Crippen LogP contribution in [-0.2, 0) is 9.59 Å². The van der Waals surface area contributed by atoms with Crippen molar-refractivity contribution in [3.05, 3.63) is 82.8 Å². The molecule has 1 aliphatic heterocycles. The molecule has 0 aliphatic carbocycles. The van der Waals surface area contributed by atoms with E-state index in [1.165, 1.54) is 11.2 Å². The van der Waals surface area contributed by atoms with Gasteiger partial charge in [0, 0.05) is 5.56 Å². The smallest absolute Gasteiger partial charge is 0.302 e. The second-order valence-corrected chi connectivity index (χ2v) is 8.16. The molecule has 1 unspecified atom stereocenters. The molecule has 1 atom stereocenters. The highest BCUT2D eigenvalue weighted by Crippen LogP contribution is 2.42. The number of hydrogen-bond donors (Lipinski definition) is 2. The zero-order valence-electron chi connectivity index (χ0n) is 19.0. The number of H-pyrrole nitrogens is 1. The Morgan fingerprint density at radius 1 is 1.15 bits per heavy atom. The number of hydrogen-bond acceptors (Lipinski definition) is 6. The molecule has 0 bridgehead atoms. The minimum atomic E-state index is -0.982. The topological polar surface area (TPSA) is 109 Å². The van der Waals surface area contributed by atoms with E-state index in [-0.39, 0.29) is 17.3 Å². The van der Waals surface area contributed by atoms with Gasteiger partial charge in [-0.05, 0) is 80.4 Å². The lowest BCUT2D eigenvalue weighted by atomic mass is 9.99. The van der Waals surface area contributed by atoms with Crippen LogP contribution in [0.3, 0.4) is 0 Å². The van der Waals surface area contributed by atoms with Crippen LogP contribution < -0.4 is 9.64 Å². The third kappa shape index (κ3) is 3.44. The summed E-state index contributed by atoms with van der Waals surface area (Å²) in [4.78, 5) is 35.4. The number of Topliss-reactive ketones (excluding diaryl/α,β-unsaturated/α-hetero) is 1. The number of aryl methyl sites for hydroxylation is 2. The molecule has 3 heterocycles. The highest BCUT2D eigenvalue weighted by molar-refractivity contribution is 6.51. The van der Waals surface area contributed by atoms with Crippen molar-refractivity contribution in [2.45, 2.75) is 26.8 Å². The van der Waals surface area contributed by atoms with E-state index in [2.05, 4.69) is 9.97 Å². The van der Waals surface area contributed by atoms with Crippen molar-refractivity contribution < 1.29 is 23.8 Å². The fourth-order valence-electron chi connectivity index (χ4n) is 4.17. The van der Waals surface area contributed by atoms with Gasteiger partial charge in [0.15, 0.2) is 0 Å². The largest absolute Gasteiger partial charge is 0.507 e. The normalized spacial score (nSPS) is 17.6. The van der Waals surface area contributed by atoms with Crippen LogP contribution in [0.4, 0.5) is 5.95 Å². The van der Waals surface area contributed by atoms with E-state index in [0.29, 0.717) is 29.2 Å². The summed E-state index contributed by atoms with van der Waals surface area (Å²) in [6.07, 6.45) is 1.46. The monoisotopic (exact) mass is 457 g/mol. The lowest BCUT2D eigenvalue weighted by Gasteiger charge is -2.20. The van der Waals surface area contributed by atoms with Crippen LogP contribution >= 0.6 is 0 Å². The summed E-state index contributed by atoms with van der Waals surface area (Å²) in [5.41, 5.74) is 3.86. The van der Waals surface area contributed by atoms with Gasteiger partial charge in [-0.15, -0.1) is 0 Å². The van der Waals surface area contributed by atoms with Gasteiger partial charge in [0.2, 0.25) is 5.95 Å². The zero-order chi connectivity index (χ0) is 24.0. The zero-order valence-corrected chi connectivity index (χ0v) is 19.0. The number of benzene rings is 2. The number of amides is 1. The minimum Gasteiger partial charge on any atom is -0.507 e. The Hall–Kier alpha value is -4.33. The Labute approximate surface area is 195 Å². The third-order valence-corrected chi connectivity index (χ3v) is 6.01. The number of carbonyl (C=O) groups excluding carboxylic acids is 2. The van der Waals surface area contributed by atoms with E-state index in [0.717, 1.165) is 16.6 Å². The number of carbonyl (C=O) groups is 2. The van der Waals surface area contributed by atoms with E-state index in [9.17, 15) is 14.7 Å². The molecule has 2 aromatic carbocycles. The predicted octanol–water partition coefficient (Wildman–Crippen LogP) is 4.80. The van der Waals surface area contributed by atoms with Crippen LogP contribution in [0.5, 0.6) is 5.75 Å². The quantitative estimate of drug-likeness (QED) is 0.253. The first-order chi connectivity index (χ1) is 16.4. The van der Waals surface area contributed by atoms with Crippen LogP contribution in [0, 0.1) is 13.8 Å². The van der Waals surface area contributed by atoms with E-state index >= 15 is 0 Å². The highest BCUT2D eigenvalue weighted by atomic mass is 16.5. The molecule has 2 N–H and O–H groups in total. The van der Waals surface area contributed by atoms with Crippen molar-refractivity contribution >= 4 is 34.4 Å². The van der Waals surface area contributed by atoms with Gasteiger partial charge in [-0.2, -0.15) is 0 Å². The van der Waals surface area contributed by atoms with Crippen molar-refractivity contribution in [2.75, 3.05) is 11.5 Å². The number of aromatic nitrogens is 2. The molecule has 8 nitrogen and oxygen atoms in total. The second kappa shape index (κ2) is 8.22. The van der Waals surface area contributed by atoms with Crippen LogP contribution in [0.15, 0.2) is 64.8 Å². The number of fused-ring (bicyclic) bond motifs is 1. The Bertz CT molecular complexity index is 1390. The summed E-state index contributed by atoms with van der Waals surface area (Å²) in [5, 5.41) is 11.1. The minimum absolute atomic E-state index is 0.0723. The number of nitrogens with zero attached hydrogens (tertiary/aromatic N) is 2. The fraction of sp³-hybridized carbons (Fsp3) is 0.192. The van der Waals surface area contributed by atoms with Crippen LogP contribution in [-0.4, -0.2) is 33.4 Å². The maximum atomic E-state index is 13.2. The number of anilines is 1. The number of nitrogens with one attached hydrogen (secondary N) is 1. The van der Waals surface area contributed by atoms with E-state index < -0.39 is 17.7 Å². The van der Waals surface area contributed by atoms with E-state index in [1.807, 2.05) is 32.9 Å². The Morgan fingerprint density at radius 3 is 2.56 bits per heavy atom. The van der Waals surface area contributed by atoms with Crippen molar-refractivity contribution in [3.63, 3.8) is 0 Å². The van der Waals surface area contributed by atoms with Crippen LogP contribution in [0.25, 0.3) is 16.8 Å². The standard InChI is InChI=1S/C26H23N3O5/c1-4-33-17-9-7-16(8-10-17)23(30)21-22(20-6-5-11-34-20)29(25(32)24(21)31)26-27-18-12-14(2)15(3)13-19(18)28-26/h5-13,22,30H,4H2,1-3H3,(H,27,28)/b23-21+. The Morgan fingerprint density at radius 2 is 1.88 bits per heavy atom. The Kier molecular flexibility index (Phi) is 5.20. The molecule has 1 aliphatic rings. The fourth-order valence-corrected chi connectivity index (χ4v) is 4.17. The first kappa shape index (κ1) is 21.5. The molecule has 0 radical (unpaired) electrons. The van der Waals surface area contributed by atoms with Gasteiger partial charge < -0.3 is 19.2 Å². The van der Waals surface area contributed by atoms with Gasteiger partial charge in [-0.3, -0.25) is 14.5 Å². The molecule has 4 aromatic rings. The van der Waals surface area contributed by atoms with Gasteiger partial charge in [0.25, 0.3) is 5.78 Å². The van der Waals surface area contributed by atoms with E-state index in [1.54, 1.807) is 36.4 Å². The van der Waals surface area contributed by atoms with Gasteiger partial charge >= 0.3 is 5.91 Å². The molecule has 0 saturated carbocycles. The summed E-state index contributed by atoms with van der Waals surface area (Å²) in [6, 6.07) is 12.9. The molecular weight excluding hydrogens is 434 g/mol. The van der Waals surface area contributed by atoms with Crippen LogP contribution in [0.2, 0.25) is 0 Å². The maximum absolute atomic E-state index is 13.2. The third-order valence-electron chi connectivity index (χ3n) is 6.01. The molecule has 1 fully saturated rings. The van der Waals surface area contributed by atoms with Gasteiger partial charge in [0.05, 0.1) is 29.5 Å². The second-order valence-electron chi connectivity index (χ2n) is 8.16. The number of furan rings is 1. The number of imidazole rings is 1. The van der Waals surface area contributed by atoms with Crippen molar-refractivity contribution in [1.29, 1.82) is 0 Å². The van der Waals surface area contributed by atoms with Crippen LogP contribution in [0.1, 0.15) is 35.4 Å². The number of ketones is 1. The average molecular weight is 457 g/mol. The maximum Gasteiger partial charge on any atom is 0.302 e. The van der Waals surface area contributed by atoms with E-state index in [4.69, 9.17) is 9.15 Å². The summed E-state index contributed by atoms with van der Waals surface area (Å²) >= 11 is 0. The molecule has 5 rings (SSSR count). The lowest BCUT2D eigenvalue weighted by molar-refractivity contribution is -0.132. The first-order valence-electron chi connectivity index (χ1n) is 10.9. The molecule has 1 amide bonds. The summed E-state index contributed by atoms with van der Waals surface area (Å²) in [7, 11) is 0. The SMILES string of the molecule is CCOc1ccc(/C(O)=C2\C(=O)C(=O)N(c3nc4cc(C)c(C)cc4[nH]3)C2c2ccco2)cc1. The Balaban J connectivity index is 1.66. The first-order valence-corrected chi connectivity index (χ1v) is 10.9. The number of ether oxygens (including phenoxy) is 1. The predicted molar refractivity (Wildman–Crippen MR) is 127 cm³/mol. The molecule has 2 aromatic heterocycles. The number of aliphatic hydroxyl groups is 1. The highest BCUT2D eigenvalue weighted by Gasteiger charge is 2.49. The van der Waals surface area contributed by atoms with Gasteiger partial charge in [-0.25, -0.2) is 4.98 Å². The van der Waals surface area contributed by atoms with Crippen molar-refractivity contribution in [1.82, 2.24) is 9.97 Å². The van der Waals surface area contributed by atoms with Gasteiger partial charge in [-0.1, -0.05) is 0 Å². The summed E-state index contributed by atoms with van der Waals surface area (Å²) in [6.45, 7) is 6.35.